The summed E-state index contributed by atoms with van der Waals surface area (Å²) < 4.78 is 0. The Bertz CT molecular complexity index is 377. The van der Waals surface area contributed by atoms with Crippen molar-refractivity contribution in [3.8, 4) is 6.07 Å². The van der Waals surface area contributed by atoms with E-state index in [0.29, 0.717) is 12.3 Å². The summed E-state index contributed by atoms with van der Waals surface area (Å²) >= 11 is 0. The van der Waals surface area contributed by atoms with Gasteiger partial charge < -0.3 is 15.5 Å². The van der Waals surface area contributed by atoms with Gasteiger partial charge in [-0.2, -0.15) is 5.26 Å². The largest absolute Gasteiger partial charge is 0.341 e. The Morgan fingerprint density at radius 2 is 2.39 bits per heavy atom. The standard InChI is InChI=1S/C12H18N4O2/c13-4-6-15-11(17)8-16-10-3-5-14-7-9(10)1-2-12(16)18/h9-10,14H,1-3,5-8H2,(H,15,17). The molecule has 98 valence electrons. The highest BCUT2D eigenvalue weighted by atomic mass is 16.2. The molecule has 2 aliphatic rings. The van der Waals surface area contributed by atoms with Gasteiger partial charge >= 0.3 is 0 Å². The molecule has 0 radical (unpaired) electrons. The molecule has 2 aliphatic heterocycles. The Kier molecular flexibility index (Phi) is 4.15. The molecule has 0 aromatic heterocycles. The molecule has 2 heterocycles. The van der Waals surface area contributed by atoms with Crippen LogP contribution in [-0.4, -0.2) is 48.9 Å². The molecule has 2 rings (SSSR count). The van der Waals surface area contributed by atoms with Gasteiger partial charge in [0.05, 0.1) is 12.6 Å². The number of likely N-dealkylation sites (tertiary alicyclic amines) is 1. The molecule has 18 heavy (non-hydrogen) atoms. The maximum Gasteiger partial charge on any atom is 0.240 e. The molecular weight excluding hydrogens is 232 g/mol. The molecule has 0 aliphatic carbocycles. The first-order valence-corrected chi connectivity index (χ1v) is 6.36. The van der Waals surface area contributed by atoms with Crippen molar-refractivity contribution in [1.29, 1.82) is 5.26 Å². The molecule has 0 saturated carbocycles. The number of rotatable bonds is 3. The molecule has 0 aromatic rings. The molecule has 2 N–H and O–H groups in total. The number of nitrogens with zero attached hydrogens (tertiary/aromatic N) is 2. The summed E-state index contributed by atoms with van der Waals surface area (Å²) in [5.74, 6) is 0.273. The van der Waals surface area contributed by atoms with Crippen LogP contribution in [0.25, 0.3) is 0 Å². The van der Waals surface area contributed by atoms with Crippen molar-refractivity contribution < 1.29 is 9.59 Å². The number of carbonyl (C=O) groups excluding carboxylic acids is 2. The number of amides is 2. The summed E-state index contributed by atoms with van der Waals surface area (Å²) in [5.41, 5.74) is 0. The average Bonchev–Trinajstić information content (AvgIpc) is 2.40. The van der Waals surface area contributed by atoms with Gasteiger partial charge in [-0.1, -0.05) is 0 Å². The van der Waals surface area contributed by atoms with Gasteiger partial charge in [-0.3, -0.25) is 9.59 Å². The fourth-order valence-corrected chi connectivity index (χ4v) is 2.81. The summed E-state index contributed by atoms with van der Waals surface area (Å²) in [6, 6.07) is 2.04. The average molecular weight is 250 g/mol. The van der Waals surface area contributed by atoms with Crippen LogP contribution in [0, 0.1) is 17.2 Å². The van der Waals surface area contributed by atoms with Crippen LogP contribution in [-0.2, 0) is 9.59 Å². The molecule has 2 saturated heterocycles. The summed E-state index contributed by atoms with van der Waals surface area (Å²) in [5, 5.41) is 14.2. The van der Waals surface area contributed by atoms with Crippen molar-refractivity contribution in [3.05, 3.63) is 0 Å². The van der Waals surface area contributed by atoms with Crippen molar-refractivity contribution in [3.63, 3.8) is 0 Å². The zero-order valence-electron chi connectivity index (χ0n) is 10.3. The highest BCUT2D eigenvalue weighted by Crippen LogP contribution is 2.28. The summed E-state index contributed by atoms with van der Waals surface area (Å²) in [6.45, 7) is 1.90. The van der Waals surface area contributed by atoms with Crippen molar-refractivity contribution in [2.45, 2.75) is 25.3 Å². The fourth-order valence-electron chi connectivity index (χ4n) is 2.81. The maximum absolute atomic E-state index is 11.9. The third-order valence-corrected chi connectivity index (χ3v) is 3.70. The van der Waals surface area contributed by atoms with Crippen LogP contribution in [0.3, 0.4) is 0 Å². The molecule has 2 fully saturated rings. The van der Waals surface area contributed by atoms with Crippen LogP contribution >= 0.6 is 0 Å². The highest BCUT2D eigenvalue weighted by molar-refractivity contribution is 5.85. The minimum Gasteiger partial charge on any atom is -0.341 e. The molecule has 0 bridgehead atoms. The van der Waals surface area contributed by atoms with Crippen LogP contribution in [0.15, 0.2) is 0 Å². The quantitative estimate of drug-likeness (QED) is 0.644. The second-order valence-electron chi connectivity index (χ2n) is 4.82. The molecule has 6 nitrogen and oxygen atoms in total. The molecular formula is C12H18N4O2. The number of piperidine rings is 2. The van der Waals surface area contributed by atoms with E-state index in [-0.39, 0.29) is 30.9 Å². The summed E-state index contributed by atoms with van der Waals surface area (Å²) in [6.07, 6.45) is 2.34. The van der Waals surface area contributed by atoms with Crippen molar-refractivity contribution in [2.24, 2.45) is 5.92 Å². The van der Waals surface area contributed by atoms with Gasteiger partial charge in [0.25, 0.3) is 0 Å². The minimum absolute atomic E-state index is 0.00346. The van der Waals surface area contributed by atoms with Crippen LogP contribution in [0.5, 0.6) is 0 Å². The topological polar surface area (TPSA) is 85.2 Å². The van der Waals surface area contributed by atoms with Gasteiger partial charge in [-0.15, -0.1) is 0 Å². The predicted molar refractivity (Wildman–Crippen MR) is 64.3 cm³/mol. The Balaban J connectivity index is 1.97. The predicted octanol–water partition coefficient (Wildman–Crippen LogP) is -0.773. The smallest absolute Gasteiger partial charge is 0.240 e. The maximum atomic E-state index is 11.9. The second kappa shape index (κ2) is 5.83. The van der Waals surface area contributed by atoms with Crippen molar-refractivity contribution in [1.82, 2.24) is 15.5 Å². The van der Waals surface area contributed by atoms with Gasteiger partial charge in [0.15, 0.2) is 0 Å². The van der Waals surface area contributed by atoms with Crippen LogP contribution in [0.2, 0.25) is 0 Å². The first-order chi connectivity index (χ1) is 8.72. The van der Waals surface area contributed by atoms with Gasteiger partial charge in [-0.05, 0) is 31.8 Å². The minimum atomic E-state index is -0.246. The van der Waals surface area contributed by atoms with E-state index in [1.165, 1.54) is 0 Å². The Labute approximate surface area is 106 Å². The molecule has 2 amide bonds. The van der Waals surface area contributed by atoms with Crippen molar-refractivity contribution in [2.75, 3.05) is 26.2 Å². The Morgan fingerprint density at radius 1 is 1.56 bits per heavy atom. The lowest BCUT2D eigenvalue weighted by Crippen LogP contribution is -2.57. The van der Waals surface area contributed by atoms with Crippen LogP contribution in [0.1, 0.15) is 19.3 Å². The number of carbonyl (C=O) groups is 2. The Hall–Kier alpha value is -1.61. The number of nitrogens with one attached hydrogen (secondary N) is 2. The third kappa shape index (κ3) is 2.79. The van der Waals surface area contributed by atoms with E-state index >= 15 is 0 Å². The van der Waals surface area contributed by atoms with E-state index in [4.69, 9.17) is 5.26 Å². The van der Waals surface area contributed by atoms with Gasteiger partial charge in [0.2, 0.25) is 11.8 Å². The molecule has 0 spiro atoms. The van der Waals surface area contributed by atoms with E-state index in [0.717, 1.165) is 25.9 Å². The highest BCUT2D eigenvalue weighted by Gasteiger charge is 2.37. The van der Waals surface area contributed by atoms with E-state index in [1.54, 1.807) is 4.90 Å². The van der Waals surface area contributed by atoms with Crippen molar-refractivity contribution >= 4 is 11.8 Å². The molecule has 0 aromatic carbocycles. The summed E-state index contributed by atoms with van der Waals surface area (Å²) in [7, 11) is 0. The van der Waals surface area contributed by atoms with Gasteiger partial charge in [-0.25, -0.2) is 0 Å². The number of fused-ring (bicyclic) bond motifs is 1. The lowest BCUT2D eigenvalue weighted by atomic mass is 9.84. The zero-order valence-corrected chi connectivity index (χ0v) is 10.3. The molecule has 2 unspecified atom stereocenters. The van der Waals surface area contributed by atoms with Gasteiger partial charge in [0, 0.05) is 12.5 Å². The lowest BCUT2D eigenvalue weighted by molar-refractivity contribution is -0.143. The van der Waals surface area contributed by atoms with E-state index < -0.39 is 0 Å². The van der Waals surface area contributed by atoms with Crippen LogP contribution in [0.4, 0.5) is 0 Å². The fraction of sp³-hybridized carbons (Fsp3) is 0.750. The zero-order chi connectivity index (χ0) is 13.0. The van der Waals surface area contributed by atoms with Gasteiger partial charge in [0.1, 0.15) is 6.54 Å². The third-order valence-electron chi connectivity index (χ3n) is 3.70. The molecule has 6 heteroatoms. The Morgan fingerprint density at radius 3 is 3.17 bits per heavy atom. The number of hydrogen-bond acceptors (Lipinski definition) is 4. The van der Waals surface area contributed by atoms with E-state index in [1.807, 2.05) is 6.07 Å². The lowest BCUT2D eigenvalue weighted by Gasteiger charge is -2.43. The monoisotopic (exact) mass is 250 g/mol. The second-order valence-corrected chi connectivity index (χ2v) is 4.82. The number of hydrogen-bond donors (Lipinski definition) is 2. The normalized spacial score (nSPS) is 27.3. The van der Waals surface area contributed by atoms with Crippen LogP contribution < -0.4 is 10.6 Å². The first-order valence-electron chi connectivity index (χ1n) is 6.36. The number of nitriles is 1. The van der Waals surface area contributed by atoms with E-state index in [2.05, 4.69) is 10.6 Å². The first kappa shape index (κ1) is 12.8. The summed E-state index contributed by atoms with van der Waals surface area (Å²) in [4.78, 5) is 25.2. The molecule has 2 atom stereocenters. The SMILES string of the molecule is N#CCNC(=O)CN1C(=O)CCC2CNCCC21. The van der Waals surface area contributed by atoms with E-state index in [9.17, 15) is 9.59 Å².